The van der Waals surface area contributed by atoms with Crippen LogP contribution in [0.4, 0.5) is 0 Å². The van der Waals surface area contributed by atoms with Crippen LogP contribution >= 0.6 is 22.7 Å². The monoisotopic (exact) mass is 289 g/mol. The molecular formula is C11H7N5OS2. The molecule has 0 radical (unpaired) electrons. The molecule has 0 bridgehead atoms. The van der Waals surface area contributed by atoms with Crippen LogP contribution in [0.5, 0.6) is 0 Å². The maximum Gasteiger partial charge on any atom is 0.258 e. The first-order chi connectivity index (χ1) is 9.31. The molecule has 0 amide bonds. The highest BCUT2D eigenvalue weighted by Crippen LogP contribution is 2.29. The minimum absolute atomic E-state index is 0.519. The normalized spacial score (nSPS) is 11.4. The minimum Gasteiger partial charge on any atom is -0.442 e. The van der Waals surface area contributed by atoms with E-state index in [9.17, 15) is 0 Å². The molecule has 94 valence electrons. The van der Waals surface area contributed by atoms with Gasteiger partial charge in [-0.2, -0.15) is 4.52 Å². The van der Waals surface area contributed by atoms with E-state index in [4.69, 9.17) is 4.42 Å². The van der Waals surface area contributed by atoms with Crippen LogP contribution < -0.4 is 0 Å². The molecule has 0 spiro atoms. The van der Waals surface area contributed by atoms with Gasteiger partial charge in [0.25, 0.3) is 5.89 Å². The van der Waals surface area contributed by atoms with Gasteiger partial charge in [0.05, 0.1) is 10.6 Å². The number of hydrogen-bond acceptors (Lipinski definition) is 7. The number of aromatic nitrogens is 5. The van der Waals surface area contributed by atoms with E-state index in [1.165, 1.54) is 11.3 Å². The lowest BCUT2D eigenvalue weighted by atomic mass is 10.4. The Labute approximate surface area is 115 Å². The van der Waals surface area contributed by atoms with Crippen LogP contribution in [0.2, 0.25) is 0 Å². The van der Waals surface area contributed by atoms with Crippen molar-refractivity contribution >= 4 is 27.6 Å². The Morgan fingerprint density at radius 2 is 2.26 bits per heavy atom. The predicted molar refractivity (Wildman–Crippen MR) is 72.2 cm³/mol. The molecule has 4 heterocycles. The average Bonchev–Trinajstić information content (AvgIpc) is 3.11. The molecule has 0 aliphatic carbocycles. The van der Waals surface area contributed by atoms with Crippen LogP contribution in [0.15, 0.2) is 28.2 Å². The Balaban J connectivity index is 1.89. The van der Waals surface area contributed by atoms with E-state index in [0.29, 0.717) is 10.9 Å². The fourth-order valence-electron chi connectivity index (χ4n) is 1.72. The summed E-state index contributed by atoms with van der Waals surface area (Å²) in [4.78, 5) is 6.04. The van der Waals surface area contributed by atoms with Gasteiger partial charge in [-0.1, -0.05) is 17.4 Å². The first-order valence-corrected chi connectivity index (χ1v) is 7.19. The highest BCUT2D eigenvalue weighted by molar-refractivity contribution is 7.19. The fourth-order valence-corrected chi connectivity index (χ4v) is 3.18. The summed E-state index contributed by atoms with van der Waals surface area (Å²) in [6.07, 6.45) is 1.61. The highest BCUT2D eigenvalue weighted by Gasteiger charge is 2.17. The van der Waals surface area contributed by atoms with Gasteiger partial charge in [-0.05, 0) is 18.4 Å². The van der Waals surface area contributed by atoms with E-state index in [0.717, 1.165) is 21.4 Å². The summed E-state index contributed by atoms with van der Waals surface area (Å²) in [5, 5.41) is 15.5. The SMILES string of the molecule is Cc1coc(-c2nn3c(-c4cccs4)nnc3s2)n1. The maximum absolute atomic E-state index is 5.36. The third kappa shape index (κ3) is 1.68. The Kier molecular flexibility index (Phi) is 2.26. The number of rotatable bonds is 2. The zero-order chi connectivity index (χ0) is 12.8. The van der Waals surface area contributed by atoms with Gasteiger partial charge in [0.1, 0.15) is 6.26 Å². The van der Waals surface area contributed by atoms with Gasteiger partial charge in [0.15, 0.2) is 5.82 Å². The van der Waals surface area contributed by atoms with Crippen LogP contribution in [0.25, 0.3) is 26.6 Å². The van der Waals surface area contributed by atoms with Gasteiger partial charge >= 0.3 is 0 Å². The van der Waals surface area contributed by atoms with Crippen molar-refractivity contribution in [3.63, 3.8) is 0 Å². The second-order valence-electron chi connectivity index (χ2n) is 3.90. The second kappa shape index (κ2) is 3.97. The molecule has 0 aromatic carbocycles. The van der Waals surface area contributed by atoms with Crippen LogP contribution in [-0.2, 0) is 0 Å². The Hall–Kier alpha value is -2.06. The summed E-state index contributed by atoms with van der Waals surface area (Å²) < 4.78 is 7.09. The van der Waals surface area contributed by atoms with Gasteiger partial charge in [-0.3, -0.25) is 0 Å². The van der Waals surface area contributed by atoms with E-state index < -0.39 is 0 Å². The summed E-state index contributed by atoms with van der Waals surface area (Å²) in [5.74, 6) is 1.26. The summed E-state index contributed by atoms with van der Waals surface area (Å²) >= 11 is 3.02. The molecule has 0 unspecified atom stereocenters. The standard InChI is InChI=1S/C11H7N5OS2/c1-6-5-17-9(12-6)10-15-16-8(7-3-2-4-18-7)13-14-11(16)19-10/h2-5H,1H3. The number of thiophene rings is 1. The van der Waals surface area contributed by atoms with Crippen molar-refractivity contribution in [3.05, 3.63) is 29.5 Å². The zero-order valence-electron chi connectivity index (χ0n) is 9.77. The molecule has 0 saturated heterocycles. The summed E-state index contributed by atoms with van der Waals surface area (Å²) in [6, 6.07) is 3.97. The molecule has 0 atom stereocenters. The Morgan fingerprint density at radius 3 is 3.00 bits per heavy atom. The van der Waals surface area contributed by atoms with Crippen molar-refractivity contribution in [1.82, 2.24) is 24.8 Å². The molecule has 0 fully saturated rings. The molecule has 19 heavy (non-hydrogen) atoms. The van der Waals surface area contributed by atoms with Crippen LogP contribution in [0, 0.1) is 6.92 Å². The largest absolute Gasteiger partial charge is 0.442 e. The highest BCUT2D eigenvalue weighted by atomic mass is 32.1. The smallest absolute Gasteiger partial charge is 0.258 e. The molecule has 0 N–H and O–H groups in total. The quantitative estimate of drug-likeness (QED) is 0.567. The summed E-state index contributed by atoms with van der Waals surface area (Å²) in [6.45, 7) is 1.88. The molecule has 4 aromatic heterocycles. The van der Waals surface area contributed by atoms with Crippen molar-refractivity contribution < 1.29 is 4.42 Å². The molecule has 0 aliphatic heterocycles. The predicted octanol–water partition coefficient (Wildman–Crippen LogP) is 2.88. The van der Waals surface area contributed by atoms with Crippen LogP contribution in [0.3, 0.4) is 0 Å². The Bertz CT molecular complexity index is 842. The molecule has 8 heteroatoms. The lowest BCUT2D eigenvalue weighted by Crippen LogP contribution is -1.89. The number of aryl methyl sites for hydroxylation is 1. The third-order valence-electron chi connectivity index (χ3n) is 2.53. The van der Waals surface area contributed by atoms with E-state index in [1.54, 1.807) is 22.1 Å². The number of fused-ring (bicyclic) bond motifs is 1. The van der Waals surface area contributed by atoms with Gasteiger partial charge in [-0.15, -0.1) is 26.6 Å². The summed E-state index contributed by atoms with van der Waals surface area (Å²) in [7, 11) is 0. The van der Waals surface area contributed by atoms with Crippen molar-refractivity contribution in [2.45, 2.75) is 6.92 Å². The molecule has 4 aromatic rings. The fraction of sp³-hybridized carbons (Fsp3) is 0.0909. The average molecular weight is 289 g/mol. The number of nitrogens with zero attached hydrogens (tertiary/aromatic N) is 5. The molecular weight excluding hydrogens is 282 g/mol. The van der Waals surface area contributed by atoms with Crippen LogP contribution in [0.1, 0.15) is 5.69 Å². The van der Waals surface area contributed by atoms with Gasteiger partial charge in [0, 0.05) is 0 Å². The Morgan fingerprint density at radius 1 is 1.32 bits per heavy atom. The minimum atomic E-state index is 0.519. The van der Waals surface area contributed by atoms with E-state index >= 15 is 0 Å². The second-order valence-corrected chi connectivity index (χ2v) is 5.80. The maximum atomic E-state index is 5.36. The lowest BCUT2D eigenvalue weighted by Gasteiger charge is -1.89. The van der Waals surface area contributed by atoms with E-state index in [2.05, 4.69) is 20.3 Å². The first-order valence-electron chi connectivity index (χ1n) is 5.50. The van der Waals surface area contributed by atoms with Crippen LogP contribution in [-0.4, -0.2) is 24.8 Å². The topological polar surface area (TPSA) is 69.1 Å². The van der Waals surface area contributed by atoms with E-state index in [1.807, 2.05) is 24.4 Å². The molecule has 0 saturated carbocycles. The van der Waals surface area contributed by atoms with Crippen molar-refractivity contribution in [2.24, 2.45) is 0 Å². The third-order valence-corrected chi connectivity index (χ3v) is 4.29. The molecule has 0 aliphatic rings. The van der Waals surface area contributed by atoms with Crippen molar-refractivity contribution in [1.29, 1.82) is 0 Å². The summed E-state index contributed by atoms with van der Waals surface area (Å²) in [5.41, 5.74) is 0.833. The lowest BCUT2D eigenvalue weighted by molar-refractivity contribution is 0.571. The zero-order valence-corrected chi connectivity index (χ0v) is 11.4. The van der Waals surface area contributed by atoms with Gasteiger partial charge in [0.2, 0.25) is 9.97 Å². The first kappa shape index (κ1) is 10.8. The molecule has 4 rings (SSSR count). The number of hydrogen-bond donors (Lipinski definition) is 0. The van der Waals surface area contributed by atoms with Gasteiger partial charge < -0.3 is 4.42 Å². The van der Waals surface area contributed by atoms with Crippen molar-refractivity contribution in [2.75, 3.05) is 0 Å². The van der Waals surface area contributed by atoms with E-state index in [-0.39, 0.29) is 0 Å². The molecule has 6 nitrogen and oxygen atoms in total. The number of oxazole rings is 1. The van der Waals surface area contributed by atoms with Gasteiger partial charge in [-0.25, -0.2) is 4.98 Å². The van der Waals surface area contributed by atoms with Crippen molar-refractivity contribution in [3.8, 4) is 21.6 Å².